The number of nitro benzene ring substituents is 1. The third kappa shape index (κ3) is 9.60. The van der Waals surface area contributed by atoms with E-state index in [0.29, 0.717) is 41.8 Å². The van der Waals surface area contributed by atoms with Gasteiger partial charge in [-0.05, 0) is 51.3 Å². The maximum atomic E-state index is 13.3. The van der Waals surface area contributed by atoms with Gasteiger partial charge in [-0.15, -0.1) is 0 Å². The standard InChI is InChI=1S/C29H39N7O6S/c1-4-41-27(37)24-19(3)35-23(17-43-14-8-13-33-29(30)32-12-7-10-21-16-31-18-34-21)26(28(38)42-5-2)25(24)20-9-6-11-22(15-20)36(39)40/h6,9,11,15-16,18,25,35H,4-5,7-8,10,12-14,17H2,1-3H3,(H,31,34)(H3,30,32,33). The number of rotatable bonds is 16. The van der Waals surface area contributed by atoms with Gasteiger partial charge in [0.2, 0.25) is 0 Å². The number of nitrogens with two attached hydrogens (primary N) is 1. The minimum absolute atomic E-state index is 0.125. The molecule has 0 saturated carbocycles. The van der Waals surface area contributed by atoms with Crippen molar-refractivity contribution < 1.29 is 24.0 Å². The maximum absolute atomic E-state index is 13.3. The Morgan fingerprint density at radius 2 is 1.93 bits per heavy atom. The number of esters is 2. The van der Waals surface area contributed by atoms with Crippen LogP contribution in [0.25, 0.3) is 0 Å². The maximum Gasteiger partial charge on any atom is 0.336 e. The first-order valence-corrected chi connectivity index (χ1v) is 15.3. The zero-order valence-corrected chi connectivity index (χ0v) is 25.5. The number of aromatic amines is 1. The Kier molecular flexibility index (Phi) is 13.1. The van der Waals surface area contributed by atoms with Crippen LogP contribution in [0.2, 0.25) is 0 Å². The lowest BCUT2D eigenvalue weighted by Crippen LogP contribution is -2.34. The number of dihydropyridines is 1. The molecule has 0 amide bonds. The van der Waals surface area contributed by atoms with Crippen LogP contribution in [0, 0.1) is 10.1 Å². The number of hydrogen-bond acceptors (Lipinski definition) is 10. The first kappa shape index (κ1) is 33.2. The number of thioether (sulfide) groups is 1. The van der Waals surface area contributed by atoms with E-state index >= 15 is 0 Å². The second-order valence-electron chi connectivity index (χ2n) is 9.56. The number of allylic oxidation sites excluding steroid dienone is 1. The van der Waals surface area contributed by atoms with Crippen molar-refractivity contribution in [1.29, 1.82) is 0 Å². The molecule has 43 heavy (non-hydrogen) atoms. The number of aromatic nitrogens is 2. The van der Waals surface area contributed by atoms with Gasteiger partial charge < -0.3 is 30.8 Å². The predicted octanol–water partition coefficient (Wildman–Crippen LogP) is 3.32. The van der Waals surface area contributed by atoms with Crippen LogP contribution in [-0.2, 0) is 25.5 Å². The highest BCUT2D eigenvalue weighted by atomic mass is 32.2. The van der Waals surface area contributed by atoms with Gasteiger partial charge in [0.25, 0.3) is 5.69 Å². The number of aryl methyl sites for hydroxylation is 1. The molecular formula is C29H39N7O6S. The molecule has 1 aliphatic heterocycles. The zero-order valence-electron chi connectivity index (χ0n) is 24.7. The summed E-state index contributed by atoms with van der Waals surface area (Å²) in [7, 11) is 0. The number of hydrogen-bond donors (Lipinski definition) is 4. The molecule has 0 saturated heterocycles. The number of nitrogens with zero attached hydrogens (tertiary/aromatic N) is 3. The van der Waals surface area contributed by atoms with Crippen molar-refractivity contribution in [2.75, 3.05) is 37.8 Å². The first-order valence-electron chi connectivity index (χ1n) is 14.1. The summed E-state index contributed by atoms with van der Waals surface area (Å²) in [6, 6.07) is 5.93. The van der Waals surface area contributed by atoms with Crippen molar-refractivity contribution in [3.8, 4) is 0 Å². The second-order valence-corrected chi connectivity index (χ2v) is 10.7. The smallest absolute Gasteiger partial charge is 0.336 e. The van der Waals surface area contributed by atoms with Crippen molar-refractivity contribution in [3.63, 3.8) is 0 Å². The lowest BCUT2D eigenvalue weighted by molar-refractivity contribution is -0.384. The molecule has 1 aromatic heterocycles. The fourth-order valence-corrected chi connectivity index (χ4v) is 5.53. The van der Waals surface area contributed by atoms with E-state index in [-0.39, 0.29) is 30.0 Å². The van der Waals surface area contributed by atoms with E-state index in [1.807, 2.05) is 0 Å². The van der Waals surface area contributed by atoms with Crippen LogP contribution in [0.4, 0.5) is 5.69 Å². The van der Waals surface area contributed by atoms with Crippen LogP contribution in [0.5, 0.6) is 0 Å². The van der Waals surface area contributed by atoms with Crippen LogP contribution in [0.15, 0.2) is 64.3 Å². The summed E-state index contributed by atoms with van der Waals surface area (Å²) >= 11 is 1.59. The largest absolute Gasteiger partial charge is 0.463 e. The lowest BCUT2D eigenvalue weighted by Gasteiger charge is -2.31. The average molecular weight is 614 g/mol. The third-order valence-electron chi connectivity index (χ3n) is 6.51. The number of non-ortho nitro benzene ring substituents is 1. The molecule has 0 aliphatic carbocycles. The molecule has 13 nitrogen and oxygen atoms in total. The molecule has 1 atom stereocenters. The molecule has 3 rings (SSSR count). The Bertz CT molecular complexity index is 1360. The van der Waals surface area contributed by atoms with Gasteiger partial charge in [0, 0.05) is 54.3 Å². The van der Waals surface area contributed by atoms with E-state index in [4.69, 9.17) is 15.2 Å². The van der Waals surface area contributed by atoms with Gasteiger partial charge >= 0.3 is 11.9 Å². The molecule has 0 radical (unpaired) electrons. The Morgan fingerprint density at radius 3 is 2.60 bits per heavy atom. The number of carbonyl (C=O) groups is 2. The molecule has 14 heteroatoms. The Hall–Kier alpha value is -4.33. The van der Waals surface area contributed by atoms with E-state index in [9.17, 15) is 19.7 Å². The second kappa shape index (κ2) is 16.9. The van der Waals surface area contributed by atoms with Gasteiger partial charge in [0.1, 0.15) is 0 Å². The summed E-state index contributed by atoms with van der Waals surface area (Å²) in [6.45, 7) is 6.60. The van der Waals surface area contributed by atoms with E-state index < -0.39 is 22.8 Å². The monoisotopic (exact) mass is 613 g/mol. The quantitative estimate of drug-likeness (QED) is 0.0543. The molecule has 2 heterocycles. The summed E-state index contributed by atoms with van der Waals surface area (Å²) in [6.07, 6.45) is 5.94. The van der Waals surface area contributed by atoms with Crippen molar-refractivity contribution in [2.45, 2.75) is 46.0 Å². The molecule has 0 fully saturated rings. The van der Waals surface area contributed by atoms with Crippen LogP contribution in [0.3, 0.4) is 0 Å². The SMILES string of the molecule is CCOC(=O)C1=C(C)NC(CSCCCNC(N)=NCCCc2cnc[nH]2)=C(C(=O)OCC)C1c1cccc([N+](=O)[O-])c1. The number of ether oxygens (including phenoxy) is 2. The number of nitro groups is 1. The molecule has 1 unspecified atom stereocenters. The minimum Gasteiger partial charge on any atom is -0.463 e. The van der Waals surface area contributed by atoms with E-state index in [1.54, 1.807) is 51.1 Å². The number of carbonyl (C=O) groups excluding carboxylic acids is 2. The summed E-state index contributed by atoms with van der Waals surface area (Å²) in [4.78, 5) is 48.9. The first-order chi connectivity index (χ1) is 20.8. The van der Waals surface area contributed by atoms with Gasteiger partial charge in [-0.3, -0.25) is 15.1 Å². The summed E-state index contributed by atoms with van der Waals surface area (Å²) < 4.78 is 10.7. The van der Waals surface area contributed by atoms with Crippen molar-refractivity contribution in [1.82, 2.24) is 20.6 Å². The Balaban J connectivity index is 1.70. The number of aliphatic imine (C=N–C) groups is 1. The molecule has 1 aliphatic rings. The number of benzene rings is 1. The van der Waals surface area contributed by atoms with Crippen molar-refractivity contribution in [3.05, 3.63) is 80.7 Å². The van der Waals surface area contributed by atoms with E-state index in [2.05, 4.69) is 25.6 Å². The van der Waals surface area contributed by atoms with Gasteiger partial charge in [0.05, 0.1) is 41.5 Å². The third-order valence-corrected chi connectivity index (χ3v) is 7.58. The molecule has 5 N–H and O–H groups in total. The van der Waals surface area contributed by atoms with Gasteiger partial charge in [0.15, 0.2) is 5.96 Å². The fraction of sp³-hybridized carbons (Fsp3) is 0.448. The number of H-pyrrole nitrogens is 1. The number of imidazole rings is 1. The van der Waals surface area contributed by atoms with Gasteiger partial charge in [-0.2, -0.15) is 11.8 Å². The lowest BCUT2D eigenvalue weighted by atomic mass is 9.80. The normalized spacial score (nSPS) is 15.2. The molecule has 2 aromatic rings. The van der Waals surface area contributed by atoms with Crippen LogP contribution in [-0.4, -0.2) is 70.6 Å². The average Bonchev–Trinajstić information content (AvgIpc) is 3.50. The fourth-order valence-electron chi connectivity index (χ4n) is 4.60. The number of nitrogens with one attached hydrogen (secondary N) is 3. The molecular weight excluding hydrogens is 574 g/mol. The van der Waals surface area contributed by atoms with E-state index in [1.165, 1.54) is 18.2 Å². The van der Waals surface area contributed by atoms with Gasteiger partial charge in [-0.25, -0.2) is 14.6 Å². The summed E-state index contributed by atoms with van der Waals surface area (Å²) in [5.74, 6) is -0.553. The molecule has 1 aromatic carbocycles. The van der Waals surface area contributed by atoms with Crippen molar-refractivity contribution >= 4 is 35.3 Å². The molecule has 0 spiro atoms. The van der Waals surface area contributed by atoms with Crippen molar-refractivity contribution in [2.24, 2.45) is 10.7 Å². The summed E-state index contributed by atoms with van der Waals surface area (Å²) in [5.41, 5.74) is 8.84. The zero-order chi connectivity index (χ0) is 31.2. The summed E-state index contributed by atoms with van der Waals surface area (Å²) in [5, 5.41) is 17.9. The van der Waals surface area contributed by atoms with E-state index in [0.717, 1.165) is 30.7 Å². The van der Waals surface area contributed by atoms with Crippen LogP contribution >= 0.6 is 11.8 Å². The molecule has 0 bridgehead atoms. The van der Waals surface area contributed by atoms with Crippen LogP contribution < -0.4 is 16.4 Å². The minimum atomic E-state index is -0.902. The highest BCUT2D eigenvalue weighted by molar-refractivity contribution is 7.99. The predicted molar refractivity (Wildman–Crippen MR) is 165 cm³/mol. The Morgan fingerprint density at radius 1 is 1.19 bits per heavy atom. The highest BCUT2D eigenvalue weighted by Crippen LogP contribution is 2.41. The number of guanidine groups is 1. The Labute approximate surface area is 254 Å². The van der Waals surface area contributed by atoms with Crippen LogP contribution in [0.1, 0.15) is 50.8 Å². The molecule has 232 valence electrons. The topological polar surface area (TPSA) is 187 Å². The van der Waals surface area contributed by atoms with Gasteiger partial charge in [-0.1, -0.05) is 12.1 Å². The highest BCUT2D eigenvalue weighted by Gasteiger charge is 2.39.